The van der Waals surface area contributed by atoms with Gasteiger partial charge in [0, 0.05) is 17.0 Å². The fraction of sp³-hybridized carbons (Fsp3) is 0.0500. The lowest BCUT2D eigenvalue weighted by Crippen LogP contribution is -2.02. The van der Waals surface area contributed by atoms with Crippen LogP contribution in [0.25, 0.3) is 38.8 Å². The number of ether oxygens (including phenoxy) is 1. The van der Waals surface area contributed by atoms with Crippen LogP contribution in [-0.4, -0.2) is 27.4 Å². The molecule has 4 aromatic heterocycles. The SMILES string of the molecule is COC(=O)c1cc2nc(-c3ccccn3)c3c4ccccc4c(c1)n23. The van der Waals surface area contributed by atoms with E-state index in [-0.39, 0.29) is 5.97 Å². The summed E-state index contributed by atoms with van der Waals surface area (Å²) in [6.07, 6.45) is 1.76. The zero-order valence-corrected chi connectivity index (χ0v) is 13.4. The van der Waals surface area contributed by atoms with Crippen molar-refractivity contribution in [2.24, 2.45) is 0 Å². The van der Waals surface area contributed by atoms with Crippen LogP contribution in [0.2, 0.25) is 0 Å². The number of hydrogen-bond acceptors (Lipinski definition) is 4. The van der Waals surface area contributed by atoms with E-state index in [1.165, 1.54) is 7.11 Å². The molecule has 0 radical (unpaired) electrons. The van der Waals surface area contributed by atoms with Gasteiger partial charge in [-0.3, -0.25) is 9.38 Å². The van der Waals surface area contributed by atoms with Crippen LogP contribution in [0, 0.1) is 0 Å². The van der Waals surface area contributed by atoms with Crippen molar-refractivity contribution in [3.8, 4) is 11.4 Å². The molecule has 0 aliphatic heterocycles. The number of nitrogens with zero attached hydrogens (tertiary/aromatic N) is 3. The van der Waals surface area contributed by atoms with Gasteiger partial charge >= 0.3 is 5.97 Å². The van der Waals surface area contributed by atoms with E-state index in [4.69, 9.17) is 9.72 Å². The molecule has 0 aliphatic rings. The number of carbonyl (C=O) groups excluding carboxylic acids is 1. The molecule has 1 aromatic carbocycles. The molecule has 5 nitrogen and oxygen atoms in total. The van der Waals surface area contributed by atoms with Gasteiger partial charge in [0.2, 0.25) is 0 Å². The maximum Gasteiger partial charge on any atom is 0.338 e. The Kier molecular flexibility index (Phi) is 2.79. The summed E-state index contributed by atoms with van der Waals surface area (Å²) in [5, 5.41) is 2.17. The Labute approximate surface area is 142 Å². The molecule has 0 unspecified atom stereocenters. The molecule has 0 saturated carbocycles. The molecular weight excluding hydrogens is 314 g/mol. The van der Waals surface area contributed by atoms with E-state index in [9.17, 15) is 4.79 Å². The summed E-state index contributed by atoms with van der Waals surface area (Å²) in [5.41, 5.74) is 4.78. The number of fused-ring (bicyclic) bond motifs is 3. The van der Waals surface area contributed by atoms with Crippen LogP contribution in [0.5, 0.6) is 0 Å². The highest BCUT2D eigenvalue weighted by Gasteiger charge is 2.21. The van der Waals surface area contributed by atoms with E-state index in [1.54, 1.807) is 12.3 Å². The standard InChI is InChI=1S/C20H13N3O2/c1-25-20(24)12-10-16-13-6-2-3-7-14(13)19-18(15-8-4-5-9-21-15)22-17(11-12)23(16)19/h2-11H,1H3. The predicted molar refractivity (Wildman–Crippen MR) is 96.0 cm³/mol. The van der Waals surface area contributed by atoms with Crippen molar-refractivity contribution in [1.82, 2.24) is 14.4 Å². The third-order valence-electron chi connectivity index (χ3n) is 4.51. The average molecular weight is 327 g/mol. The first-order valence-electron chi connectivity index (χ1n) is 7.94. The number of carbonyl (C=O) groups is 1. The summed E-state index contributed by atoms with van der Waals surface area (Å²) in [6, 6.07) is 17.5. The number of benzene rings is 1. The monoisotopic (exact) mass is 327 g/mol. The van der Waals surface area contributed by atoms with Crippen LogP contribution in [-0.2, 0) is 4.74 Å². The van der Waals surface area contributed by atoms with Crippen molar-refractivity contribution in [2.75, 3.05) is 7.11 Å². The quantitative estimate of drug-likeness (QED) is 0.461. The largest absolute Gasteiger partial charge is 0.465 e. The molecular formula is C20H13N3O2. The number of hydrogen-bond donors (Lipinski definition) is 0. The third kappa shape index (κ3) is 1.86. The molecule has 0 bridgehead atoms. The first kappa shape index (κ1) is 13.9. The van der Waals surface area contributed by atoms with Crippen molar-refractivity contribution in [2.45, 2.75) is 0 Å². The summed E-state index contributed by atoms with van der Waals surface area (Å²) >= 11 is 0. The van der Waals surface area contributed by atoms with Gasteiger partial charge in [0.25, 0.3) is 0 Å². The first-order chi connectivity index (χ1) is 12.3. The van der Waals surface area contributed by atoms with Crippen LogP contribution < -0.4 is 0 Å². The van der Waals surface area contributed by atoms with Crippen LogP contribution in [0.15, 0.2) is 60.8 Å². The second-order valence-corrected chi connectivity index (χ2v) is 5.88. The molecule has 0 fully saturated rings. The zero-order valence-electron chi connectivity index (χ0n) is 13.4. The van der Waals surface area contributed by atoms with Gasteiger partial charge in [0.1, 0.15) is 11.3 Å². The molecule has 25 heavy (non-hydrogen) atoms. The third-order valence-corrected chi connectivity index (χ3v) is 4.51. The number of rotatable bonds is 2. The highest BCUT2D eigenvalue weighted by atomic mass is 16.5. The van der Waals surface area contributed by atoms with Crippen molar-refractivity contribution in [3.63, 3.8) is 0 Å². The fourth-order valence-electron chi connectivity index (χ4n) is 3.45. The van der Waals surface area contributed by atoms with Crippen LogP contribution in [0.1, 0.15) is 10.4 Å². The minimum Gasteiger partial charge on any atom is -0.465 e. The van der Waals surface area contributed by atoms with E-state index < -0.39 is 0 Å². The first-order valence-corrected chi connectivity index (χ1v) is 7.94. The summed E-state index contributed by atoms with van der Waals surface area (Å²) in [6.45, 7) is 0. The van der Waals surface area contributed by atoms with Crippen LogP contribution in [0.3, 0.4) is 0 Å². The summed E-state index contributed by atoms with van der Waals surface area (Å²) < 4.78 is 6.98. The molecule has 5 aromatic rings. The molecule has 0 saturated heterocycles. The van der Waals surface area contributed by atoms with E-state index in [0.29, 0.717) is 11.2 Å². The van der Waals surface area contributed by atoms with Crippen LogP contribution in [0.4, 0.5) is 0 Å². The Hall–Kier alpha value is -3.47. The molecule has 0 atom stereocenters. The Morgan fingerprint density at radius 1 is 1.04 bits per heavy atom. The fourth-order valence-corrected chi connectivity index (χ4v) is 3.45. The predicted octanol–water partition coefficient (Wildman–Crippen LogP) is 3.93. The van der Waals surface area contributed by atoms with Crippen molar-refractivity contribution < 1.29 is 9.53 Å². The molecule has 5 rings (SSSR count). The zero-order chi connectivity index (χ0) is 17.0. The topological polar surface area (TPSA) is 56.5 Å². The Bertz CT molecular complexity index is 1240. The van der Waals surface area contributed by atoms with Gasteiger partial charge in [0.15, 0.2) is 0 Å². The van der Waals surface area contributed by atoms with Gasteiger partial charge in [0.05, 0.1) is 29.4 Å². The van der Waals surface area contributed by atoms with Crippen molar-refractivity contribution >= 4 is 33.4 Å². The van der Waals surface area contributed by atoms with E-state index >= 15 is 0 Å². The number of methoxy groups -OCH3 is 1. The van der Waals surface area contributed by atoms with Gasteiger partial charge in [-0.25, -0.2) is 9.78 Å². The van der Waals surface area contributed by atoms with Crippen LogP contribution >= 0.6 is 0 Å². The average Bonchev–Trinajstić information content (AvgIpc) is 3.22. The van der Waals surface area contributed by atoms with Gasteiger partial charge in [-0.2, -0.15) is 0 Å². The number of pyridine rings is 2. The second-order valence-electron chi connectivity index (χ2n) is 5.88. The molecule has 0 spiro atoms. The lowest BCUT2D eigenvalue weighted by molar-refractivity contribution is 0.0601. The maximum atomic E-state index is 12.1. The summed E-state index contributed by atoms with van der Waals surface area (Å²) in [4.78, 5) is 21.3. The van der Waals surface area contributed by atoms with Gasteiger partial charge < -0.3 is 4.74 Å². The Morgan fingerprint density at radius 3 is 2.60 bits per heavy atom. The van der Waals surface area contributed by atoms with Gasteiger partial charge in [-0.1, -0.05) is 30.3 Å². The van der Waals surface area contributed by atoms with Crippen molar-refractivity contribution in [1.29, 1.82) is 0 Å². The minimum atomic E-state index is -0.368. The molecule has 4 heterocycles. The maximum absolute atomic E-state index is 12.1. The lowest BCUT2D eigenvalue weighted by Gasteiger charge is -2.01. The minimum absolute atomic E-state index is 0.368. The summed E-state index contributed by atoms with van der Waals surface area (Å²) in [7, 11) is 1.39. The van der Waals surface area contributed by atoms with E-state index in [2.05, 4.69) is 21.5 Å². The number of aromatic nitrogens is 3. The molecule has 0 aliphatic carbocycles. The number of esters is 1. The Morgan fingerprint density at radius 2 is 1.84 bits per heavy atom. The molecule has 0 N–H and O–H groups in total. The molecule has 5 heteroatoms. The Balaban J connectivity index is 1.99. The van der Waals surface area contributed by atoms with Gasteiger partial charge in [-0.05, 0) is 24.3 Å². The second kappa shape index (κ2) is 5.01. The lowest BCUT2D eigenvalue weighted by atomic mass is 10.1. The van der Waals surface area contributed by atoms with E-state index in [0.717, 1.165) is 33.2 Å². The van der Waals surface area contributed by atoms with Crippen molar-refractivity contribution in [3.05, 3.63) is 66.4 Å². The smallest absolute Gasteiger partial charge is 0.338 e. The highest BCUT2D eigenvalue weighted by Crippen LogP contribution is 2.36. The summed E-state index contributed by atoms with van der Waals surface area (Å²) in [5.74, 6) is -0.368. The van der Waals surface area contributed by atoms with Gasteiger partial charge in [-0.15, -0.1) is 0 Å². The normalized spacial score (nSPS) is 11.6. The van der Waals surface area contributed by atoms with E-state index in [1.807, 2.05) is 36.4 Å². The molecule has 120 valence electrons. The number of imidazole rings is 1. The highest BCUT2D eigenvalue weighted by molar-refractivity contribution is 6.14. The molecule has 0 amide bonds.